The van der Waals surface area contributed by atoms with Crippen LogP contribution in [0.3, 0.4) is 0 Å². The van der Waals surface area contributed by atoms with E-state index in [2.05, 4.69) is 15.9 Å². The summed E-state index contributed by atoms with van der Waals surface area (Å²) in [4.78, 5) is 0. The molecule has 1 aromatic carbocycles. The third-order valence-electron chi connectivity index (χ3n) is 2.66. The summed E-state index contributed by atoms with van der Waals surface area (Å²) in [5.41, 5.74) is 1.77. The van der Waals surface area contributed by atoms with Crippen LogP contribution in [0.25, 0.3) is 0 Å². The molecule has 2 aromatic rings. The first-order chi connectivity index (χ1) is 8.13. The molecular formula is C13H13BrO3. The lowest BCUT2D eigenvalue weighted by molar-refractivity contribution is 0.187. The third kappa shape index (κ3) is 2.37. The molecule has 1 heterocycles. The smallest absolute Gasteiger partial charge is 0.150 e. The van der Waals surface area contributed by atoms with Gasteiger partial charge in [-0.25, -0.2) is 0 Å². The number of hydrogen-bond acceptors (Lipinski definition) is 3. The number of hydrogen-bond donors (Lipinski definition) is 1. The zero-order valence-electron chi connectivity index (χ0n) is 9.61. The van der Waals surface area contributed by atoms with Crippen LogP contribution in [0.2, 0.25) is 0 Å². The van der Waals surface area contributed by atoms with Crippen LogP contribution in [0.1, 0.15) is 23.0 Å². The van der Waals surface area contributed by atoms with Gasteiger partial charge in [-0.1, -0.05) is 6.07 Å². The quantitative estimate of drug-likeness (QED) is 0.943. The van der Waals surface area contributed by atoms with Gasteiger partial charge in [0, 0.05) is 0 Å². The van der Waals surface area contributed by atoms with Crippen LogP contribution in [0.4, 0.5) is 0 Å². The summed E-state index contributed by atoms with van der Waals surface area (Å²) >= 11 is 3.34. The molecular weight excluding hydrogens is 284 g/mol. The molecule has 1 aromatic heterocycles. The minimum atomic E-state index is -0.773. The minimum Gasteiger partial charge on any atom is -0.497 e. The lowest BCUT2D eigenvalue weighted by Crippen LogP contribution is -2.01. The molecule has 90 valence electrons. The average molecular weight is 297 g/mol. The topological polar surface area (TPSA) is 42.6 Å². The van der Waals surface area contributed by atoms with E-state index in [0.29, 0.717) is 5.76 Å². The van der Waals surface area contributed by atoms with E-state index in [9.17, 15) is 5.11 Å². The molecule has 0 amide bonds. The highest BCUT2D eigenvalue weighted by molar-refractivity contribution is 9.10. The predicted molar refractivity (Wildman–Crippen MR) is 68.2 cm³/mol. The Kier molecular flexibility index (Phi) is 3.54. The molecule has 1 N–H and O–H groups in total. The molecule has 0 saturated carbocycles. The molecule has 2 rings (SSSR count). The van der Waals surface area contributed by atoms with Crippen LogP contribution in [-0.4, -0.2) is 12.2 Å². The second-order valence-electron chi connectivity index (χ2n) is 3.76. The Labute approximate surface area is 108 Å². The standard InChI is InChI=1S/C13H13BrO3/c1-8-7-9(16-2)3-4-10(8)12(15)13-11(14)5-6-17-13/h3-7,12,15H,1-2H3. The van der Waals surface area contributed by atoms with Crippen molar-refractivity contribution >= 4 is 15.9 Å². The highest BCUT2D eigenvalue weighted by Crippen LogP contribution is 2.32. The Bertz CT molecular complexity index is 519. The van der Waals surface area contributed by atoms with E-state index < -0.39 is 6.10 Å². The van der Waals surface area contributed by atoms with E-state index in [0.717, 1.165) is 21.3 Å². The normalized spacial score (nSPS) is 12.5. The molecule has 0 spiro atoms. The number of ether oxygens (including phenoxy) is 1. The van der Waals surface area contributed by atoms with Gasteiger partial charge in [-0.05, 0) is 52.2 Å². The van der Waals surface area contributed by atoms with Crippen molar-refractivity contribution in [2.75, 3.05) is 7.11 Å². The van der Waals surface area contributed by atoms with Crippen molar-refractivity contribution in [3.63, 3.8) is 0 Å². The summed E-state index contributed by atoms with van der Waals surface area (Å²) in [6.07, 6.45) is 0.770. The van der Waals surface area contributed by atoms with Crippen molar-refractivity contribution in [2.24, 2.45) is 0 Å². The Morgan fingerprint density at radius 3 is 2.65 bits per heavy atom. The van der Waals surface area contributed by atoms with Gasteiger partial charge < -0.3 is 14.3 Å². The van der Waals surface area contributed by atoms with Gasteiger partial charge in [0.1, 0.15) is 11.9 Å². The Hall–Kier alpha value is -1.26. The lowest BCUT2D eigenvalue weighted by Gasteiger charge is -2.13. The van der Waals surface area contributed by atoms with Gasteiger partial charge in [-0.3, -0.25) is 0 Å². The Balaban J connectivity index is 2.38. The van der Waals surface area contributed by atoms with Gasteiger partial charge in [0.2, 0.25) is 0 Å². The van der Waals surface area contributed by atoms with Crippen molar-refractivity contribution in [3.8, 4) is 5.75 Å². The number of aliphatic hydroxyl groups excluding tert-OH is 1. The molecule has 3 nitrogen and oxygen atoms in total. The summed E-state index contributed by atoms with van der Waals surface area (Å²) in [5.74, 6) is 1.29. The summed E-state index contributed by atoms with van der Waals surface area (Å²) in [7, 11) is 1.62. The number of aryl methyl sites for hydroxylation is 1. The first-order valence-corrected chi connectivity index (χ1v) is 5.98. The largest absolute Gasteiger partial charge is 0.497 e. The van der Waals surface area contributed by atoms with E-state index >= 15 is 0 Å². The monoisotopic (exact) mass is 296 g/mol. The number of furan rings is 1. The Morgan fingerprint density at radius 2 is 2.12 bits per heavy atom. The van der Waals surface area contributed by atoms with E-state index in [1.54, 1.807) is 19.4 Å². The maximum atomic E-state index is 10.2. The number of methoxy groups -OCH3 is 1. The van der Waals surface area contributed by atoms with Crippen molar-refractivity contribution in [1.82, 2.24) is 0 Å². The average Bonchev–Trinajstić information content (AvgIpc) is 2.74. The van der Waals surface area contributed by atoms with E-state index in [1.807, 2.05) is 25.1 Å². The maximum absolute atomic E-state index is 10.2. The van der Waals surface area contributed by atoms with Crippen LogP contribution < -0.4 is 4.74 Å². The fraction of sp³-hybridized carbons (Fsp3) is 0.231. The minimum absolute atomic E-state index is 0.512. The first-order valence-electron chi connectivity index (χ1n) is 5.19. The second kappa shape index (κ2) is 4.94. The summed E-state index contributed by atoms with van der Waals surface area (Å²) < 4.78 is 11.2. The van der Waals surface area contributed by atoms with Crippen LogP contribution in [0, 0.1) is 6.92 Å². The number of aliphatic hydroxyl groups is 1. The maximum Gasteiger partial charge on any atom is 0.150 e. The summed E-state index contributed by atoms with van der Waals surface area (Å²) in [6, 6.07) is 7.31. The van der Waals surface area contributed by atoms with Gasteiger partial charge >= 0.3 is 0 Å². The molecule has 0 aliphatic carbocycles. The van der Waals surface area contributed by atoms with Gasteiger partial charge in [-0.15, -0.1) is 0 Å². The van der Waals surface area contributed by atoms with Gasteiger partial charge in [-0.2, -0.15) is 0 Å². The van der Waals surface area contributed by atoms with Crippen molar-refractivity contribution in [2.45, 2.75) is 13.0 Å². The summed E-state index contributed by atoms with van der Waals surface area (Å²) in [6.45, 7) is 1.93. The molecule has 17 heavy (non-hydrogen) atoms. The highest BCUT2D eigenvalue weighted by atomic mass is 79.9. The second-order valence-corrected chi connectivity index (χ2v) is 4.61. The van der Waals surface area contributed by atoms with E-state index in [4.69, 9.17) is 9.15 Å². The lowest BCUT2D eigenvalue weighted by atomic mass is 10.0. The molecule has 0 radical (unpaired) electrons. The van der Waals surface area contributed by atoms with Crippen LogP contribution in [0.15, 0.2) is 39.4 Å². The van der Waals surface area contributed by atoms with Crippen molar-refractivity contribution in [1.29, 1.82) is 0 Å². The summed E-state index contributed by atoms with van der Waals surface area (Å²) in [5, 5.41) is 10.2. The Morgan fingerprint density at radius 1 is 1.35 bits per heavy atom. The number of halogens is 1. The molecule has 0 aliphatic heterocycles. The van der Waals surface area contributed by atoms with Gasteiger partial charge in [0.15, 0.2) is 5.76 Å². The van der Waals surface area contributed by atoms with Gasteiger partial charge in [0.05, 0.1) is 17.8 Å². The zero-order valence-corrected chi connectivity index (χ0v) is 11.2. The fourth-order valence-electron chi connectivity index (χ4n) is 1.72. The highest BCUT2D eigenvalue weighted by Gasteiger charge is 2.19. The molecule has 1 atom stereocenters. The molecule has 0 aliphatic rings. The number of rotatable bonds is 3. The predicted octanol–water partition coefficient (Wildman–Crippen LogP) is 3.44. The van der Waals surface area contributed by atoms with Crippen molar-refractivity contribution < 1.29 is 14.3 Å². The van der Waals surface area contributed by atoms with Crippen LogP contribution >= 0.6 is 15.9 Å². The first kappa shape index (κ1) is 12.2. The number of benzene rings is 1. The molecule has 4 heteroatoms. The fourth-order valence-corrected chi connectivity index (χ4v) is 2.14. The molecule has 1 unspecified atom stereocenters. The SMILES string of the molecule is COc1ccc(C(O)c2occc2Br)c(C)c1. The van der Waals surface area contributed by atoms with Gasteiger partial charge in [0.25, 0.3) is 0 Å². The molecule has 0 saturated heterocycles. The molecule has 0 fully saturated rings. The molecule has 0 bridgehead atoms. The third-order valence-corrected chi connectivity index (χ3v) is 3.32. The zero-order chi connectivity index (χ0) is 12.4. The van der Waals surface area contributed by atoms with E-state index in [-0.39, 0.29) is 0 Å². The van der Waals surface area contributed by atoms with E-state index in [1.165, 1.54) is 0 Å². The van der Waals surface area contributed by atoms with Crippen molar-refractivity contribution in [3.05, 3.63) is 51.9 Å². The van der Waals surface area contributed by atoms with Crippen LogP contribution in [-0.2, 0) is 0 Å². The van der Waals surface area contributed by atoms with Crippen LogP contribution in [0.5, 0.6) is 5.75 Å².